The molecule has 32 heavy (non-hydrogen) atoms. The lowest BCUT2D eigenvalue weighted by Crippen LogP contribution is -2.34. The third-order valence-corrected chi connectivity index (χ3v) is 3.74. The van der Waals surface area contributed by atoms with Crippen molar-refractivity contribution < 1.29 is 33.0 Å². The van der Waals surface area contributed by atoms with E-state index in [9.17, 15) is 18.8 Å². The molecular formula is C23H31FN2O6. The smallest absolute Gasteiger partial charge is 0.407 e. The Hall–Kier alpha value is -3.36. The molecule has 0 aromatic heterocycles. The summed E-state index contributed by atoms with van der Waals surface area (Å²) in [7, 11) is 0. The number of carbonyl (C=O) groups excluding carboxylic acids is 3. The second kappa shape index (κ2) is 12.5. The van der Waals surface area contributed by atoms with Crippen LogP contribution in [0.3, 0.4) is 0 Å². The molecule has 0 bridgehead atoms. The molecule has 0 aliphatic heterocycles. The summed E-state index contributed by atoms with van der Waals surface area (Å²) < 4.78 is 28.9. The first-order valence-electron chi connectivity index (χ1n) is 10.1. The number of esters is 1. The van der Waals surface area contributed by atoms with Crippen molar-refractivity contribution in [1.82, 2.24) is 5.32 Å². The van der Waals surface area contributed by atoms with E-state index in [1.165, 1.54) is 6.92 Å². The average Bonchev–Trinajstić information content (AvgIpc) is 2.68. The molecule has 0 unspecified atom stereocenters. The average molecular weight is 451 g/mol. The molecule has 0 radical (unpaired) electrons. The third-order valence-electron chi connectivity index (χ3n) is 3.74. The summed E-state index contributed by atoms with van der Waals surface area (Å²) in [4.78, 5) is 35.2. The van der Waals surface area contributed by atoms with Crippen LogP contribution in [-0.2, 0) is 19.1 Å². The predicted octanol–water partition coefficient (Wildman–Crippen LogP) is 4.37. The Morgan fingerprint density at radius 2 is 1.84 bits per heavy atom. The van der Waals surface area contributed by atoms with Crippen LogP contribution >= 0.6 is 0 Å². The Morgan fingerprint density at radius 1 is 1.16 bits per heavy atom. The van der Waals surface area contributed by atoms with E-state index in [4.69, 9.17) is 14.2 Å². The summed E-state index contributed by atoms with van der Waals surface area (Å²) in [6.07, 6.45) is 1.27. The molecule has 0 saturated heterocycles. The van der Waals surface area contributed by atoms with Gasteiger partial charge in [0, 0.05) is 30.7 Å². The van der Waals surface area contributed by atoms with Crippen LogP contribution in [0.25, 0.3) is 6.08 Å². The van der Waals surface area contributed by atoms with Gasteiger partial charge < -0.3 is 24.8 Å². The summed E-state index contributed by atoms with van der Waals surface area (Å²) in [5, 5.41) is 5.13. The third kappa shape index (κ3) is 10.1. The Labute approximate surface area is 187 Å². The highest BCUT2D eigenvalue weighted by Crippen LogP contribution is 2.25. The molecule has 1 rings (SSSR count). The van der Waals surface area contributed by atoms with Gasteiger partial charge in [0.25, 0.3) is 0 Å². The van der Waals surface area contributed by atoms with E-state index in [-0.39, 0.29) is 31.2 Å². The number of hydrogen-bond acceptors (Lipinski definition) is 6. The fourth-order valence-corrected chi connectivity index (χ4v) is 2.38. The molecule has 2 N–H and O–H groups in total. The van der Waals surface area contributed by atoms with Gasteiger partial charge in [-0.3, -0.25) is 4.79 Å². The molecular weight excluding hydrogens is 419 g/mol. The van der Waals surface area contributed by atoms with E-state index in [1.54, 1.807) is 58.9 Å². The summed E-state index contributed by atoms with van der Waals surface area (Å²) in [6.45, 7) is 9.86. The predicted molar refractivity (Wildman–Crippen MR) is 120 cm³/mol. The van der Waals surface area contributed by atoms with Crippen LogP contribution in [0.2, 0.25) is 0 Å². The van der Waals surface area contributed by atoms with E-state index in [2.05, 4.69) is 10.6 Å². The Bertz CT molecular complexity index is 887. The topological polar surface area (TPSA) is 103 Å². The van der Waals surface area contributed by atoms with Crippen LogP contribution < -0.4 is 15.4 Å². The van der Waals surface area contributed by atoms with Gasteiger partial charge >= 0.3 is 12.1 Å². The van der Waals surface area contributed by atoms with Crippen molar-refractivity contribution >= 4 is 29.7 Å². The van der Waals surface area contributed by atoms with Crippen LogP contribution in [0.4, 0.5) is 14.9 Å². The van der Waals surface area contributed by atoms with E-state index >= 15 is 0 Å². The normalized spacial score (nSPS) is 12.1. The monoisotopic (exact) mass is 450 g/mol. The standard InChI is InChI=1S/C23H31FN2O6/c1-7-30-21(28)15(2)10-18-8-9-19(11-20(18)26-16(3)27)31-14-17(12-24)13-25-22(29)32-23(4,5)6/h8-12H,7,13-14H2,1-6H3,(H,25,29)(H,26,27)/b15-10+,17-12-. The van der Waals surface area contributed by atoms with Gasteiger partial charge in [-0.1, -0.05) is 0 Å². The molecule has 0 saturated carbocycles. The highest BCUT2D eigenvalue weighted by molar-refractivity contribution is 5.96. The van der Waals surface area contributed by atoms with Gasteiger partial charge in [0.05, 0.1) is 18.6 Å². The number of halogens is 1. The zero-order valence-corrected chi connectivity index (χ0v) is 19.3. The second-order valence-corrected chi connectivity index (χ2v) is 7.89. The number of carbonyl (C=O) groups is 3. The summed E-state index contributed by atoms with van der Waals surface area (Å²) >= 11 is 0. The lowest BCUT2D eigenvalue weighted by Gasteiger charge is -2.20. The summed E-state index contributed by atoms with van der Waals surface area (Å²) in [6, 6.07) is 4.83. The van der Waals surface area contributed by atoms with Crippen molar-refractivity contribution in [1.29, 1.82) is 0 Å². The molecule has 2 amide bonds. The number of rotatable bonds is 9. The van der Waals surface area contributed by atoms with Crippen LogP contribution in [-0.4, -0.2) is 43.3 Å². The number of anilines is 1. The van der Waals surface area contributed by atoms with Crippen LogP contribution in [0.5, 0.6) is 5.75 Å². The molecule has 0 spiro atoms. The molecule has 9 heteroatoms. The molecule has 8 nitrogen and oxygen atoms in total. The number of amides is 2. The fraction of sp³-hybridized carbons (Fsp3) is 0.435. The van der Waals surface area contributed by atoms with Gasteiger partial charge in [-0.15, -0.1) is 0 Å². The number of ether oxygens (including phenoxy) is 3. The maximum atomic E-state index is 13.2. The Balaban J connectivity index is 2.88. The van der Waals surface area contributed by atoms with Crippen molar-refractivity contribution in [3.05, 3.63) is 41.2 Å². The van der Waals surface area contributed by atoms with Crippen molar-refractivity contribution in [2.45, 2.75) is 47.1 Å². The first-order chi connectivity index (χ1) is 14.9. The summed E-state index contributed by atoms with van der Waals surface area (Å²) in [5.41, 5.74) is 0.867. The highest BCUT2D eigenvalue weighted by Gasteiger charge is 2.16. The van der Waals surface area contributed by atoms with Gasteiger partial charge in [-0.05, 0) is 58.4 Å². The number of hydrogen-bond donors (Lipinski definition) is 2. The molecule has 0 heterocycles. The van der Waals surface area contributed by atoms with Crippen molar-refractivity contribution in [3.8, 4) is 5.75 Å². The van der Waals surface area contributed by atoms with Gasteiger partial charge in [0.15, 0.2) is 0 Å². The number of benzene rings is 1. The molecule has 176 valence electrons. The molecule has 0 atom stereocenters. The highest BCUT2D eigenvalue weighted by atomic mass is 19.1. The van der Waals surface area contributed by atoms with E-state index < -0.39 is 17.7 Å². The maximum Gasteiger partial charge on any atom is 0.407 e. The fourth-order valence-electron chi connectivity index (χ4n) is 2.38. The quantitative estimate of drug-likeness (QED) is 0.428. The van der Waals surface area contributed by atoms with Gasteiger partial charge in [-0.2, -0.15) is 0 Å². The molecule has 1 aromatic rings. The lowest BCUT2D eigenvalue weighted by molar-refractivity contribution is -0.138. The maximum absolute atomic E-state index is 13.2. The Morgan fingerprint density at radius 3 is 2.41 bits per heavy atom. The van der Waals surface area contributed by atoms with Crippen molar-refractivity contribution in [3.63, 3.8) is 0 Å². The SMILES string of the molecule is CCOC(=O)/C(C)=C/c1ccc(OC/C(=C\F)CNC(=O)OC(C)(C)C)cc1NC(C)=O. The van der Waals surface area contributed by atoms with Gasteiger partial charge in [-0.25, -0.2) is 14.0 Å². The molecule has 1 aromatic carbocycles. The largest absolute Gasteiger partial charge is 0.489 e. The zero-order valence-electron chi connectivity index (χ0n) is 19.3. The first kappa shape index (κ1) is 26.7. The van der Waals surface area contributed by atoms with Gasteiger partial charge in [0.2, 0.25) is 5.91 Å². The van der Waals surface area contributed by atoms with E-state index in [0.29, 0.717) is 28.9 Å². The molecule has 0 aliphatic carbocycles. The van der Waals surface area contributed by atoms with Crippen molar-refractivity contribution in [2.24, 2.45) is 0 Å². The number of alkyl carbamates (subject to hydrolysis) is 1. The van der Waals surface area contributed by atoms with Crippen LogP contribution in [0.15, 0.2) is 35.7 Å². The van der Waals surface area contributed by atoms with Gasteiger partial charge in [0.1, 0.15) is 18.0 Å². The van der Waals surface area contributed by atoms with E-state index in [1.807, 2.05) is 0 Å². The minimum Gasteiger partial charge on any atom is -0.489 e. The zero-order chi connectivity index (χ0) is 24.3. The minimum absolute atomic E-state index is 0.0937. The minimum atomic E-state index is -0.669. The Kier molecular flexibility index (Phi) is 10.4. The molecule has 0 fully saturated rings. The lowest BCUT2D eigenvalue weighted by atomic mass is 10.1. The van der Waals surface area contributed by atoms with Crippen LogP contribution in [0.1, 0.15) is 47.1 Å². The molecule has 0 aliphatic rings. The number of nitrogens with one attached hydrogen (secondary N) is 2. The van der Waals surface area contributed by atoms with Crippen LogP contribution in [0, 0.1) is 0 Å². The van der Waals surface area contributed by atoms with Crippen molar-refractivity contribution in [2.75, 3.05) is 25.1 Å². The first-order valence-corrected chi connectivity index (χ1v) is 10.1. The summed E-state index contributed by atoms with van der Waals surface area (Å²) in [5.74, 6) is -0.412. The second-order valence-electron chi connectivity index (χ2n) is 7.89. The van der Waals surface area contributed by atoms with E-state index in [0.717, 1.165) is 0 Å².